The number of alkyl halides is 3. The van der Waals surface area contributed by atoms with Crippen molar-refractivity contribution < 1.29 is 27.6 Å². The van der Waals surface area contributed by atoms with Gasteiger partial charge in [0, 0.05) is 32.5 Å². The summed E-state index contributed by atoms with van der Waals surface area (Å²) in [7, 11) is 3.30. The van der Waals surface area contributed by atoms with Gasteiger partial charge in [-0.05, 0) is 42.5 Å². The fraction of sp³-hybridized carbons (Fsp3) is 0.250. The summed E-state index contributed by atoms with van der Waals surface area (Å²) in [6.07, 6.45) is -4.26. The summed E-state index contributed by atoms with van der Waals surface area (Å²) in [4.78, 5) is 38.8. The molecule has 0 unspecified atom stereocenters. The van der Waals surface area contributed by atoms with E-state index in [0.29, 0.717) is 11.4 Å². The minimum absolute atomic E-state index is 0.0174. The lowest BCUT2D eigenvalue weighted by molar-refractivity contribution is -0.137. The van der Waals surface area contributed by atoms with E-state index in [9.17, 15) is 27.6 Å². The van der Waals surface area contributed by atoms with Gasteiger partial charge in [0.1, 0.15) is 0 Å². The molecule has 1 aliphatic heterocycles. The van der Waals surface area contributed by atoms with E-state index < -0.39 is 17.6 Å². The molecule has 2 aromatic carbocycles. The molecular formula is C20H18F3N3O3. The zero-order chi connectivity index (χ0) is 21.3. The first-order chi connectivity index (χ1) is 13.6. The molecule has 0 bridgehead atoms. The molecule has 0 spiro atoms. The third kappa shape index (κ3) is 4.23. The van der Waals surface area contributed by atoms with Gasteiger partial charge in [-0.15, -0.1) is 0 Å². The van der Waals surface area contributed by atoms with Gasteiger partial charge in [0.2, 0.25) is 11.8 Å². The summed E-state index contributed by atoms with van der Waals surface area (Å²) in [5, 5.41) is 2.50. The number of carbonyl (C=O) groups is 3. The van der Waals surface area contributed by atoms with Gasteiger partial charge in [0.05, 0.1) is 22.6 Å². The molecule has 1 fully saturated rings. The van der Waals surface area contributed by atoms with Crippen molar-refractivity contribution in [3.8, 4) is 0 Å². The molecular weight excluding hydrogens is 387 g/mol. The number of imide groups is 1. The van der Waals surface area contributed by atoms with Crippen LogP contribution in [0.15, 0.2) is 42.5 Å². The molecule has 1 heterocycles. The summed E-state index contributed by atoms with van der Waals surface area (Å²) in [6.45, 7) is 0. The molecule has 3 amide bonds. The number of hydrogen-bond acceptors (Lipinski definition) is 4. The van der Waals surface area contributed by atoms with E-state index in [-0.39, 0.29) is 35.9 Å². The molecule has 0 atom stereocenters. The maximum Gasteiger partial charge on any atom is 0.416 e. The first-order valence-corrected chi connectivity index (χ1v) is 8.73. The van der Waals surface area contributed by atoms with Gasteiger partial charge in [-0.2, -0.15) is 13.2 Å². The molecule has 1 aliphatic rings. The van der Waals surface area contributed by atoms with Crippen LogP contribution in [0.3, 0.4) is 0 Å². The van der Waals surface area contributed by atoms with Gasteiger partial charge in [-0.3, -0.25) is 19.3 Å². The molecule has 0 aliphatic carbocycles. The highest BCUT2D eigenvalue weighted by Gasteiger charge is 2.32. The molecule has 152 valence electrons. The first-order valence-electron chi connectivity index (χ1n) is 8.73. The van der Waals surface area contributed by atoms with Crippen LogP contribution in [0.1, 0.15) is 28.8 Å². The van der Waals surface area contributed by atoms with Crippen LogP contribution in [0.2, 0.25) is 0 Å². The molecule has 1 N–H and O–H groups in total. The predicted molar refractivity (Wildman–Crippen MR) is 102 cm³/mol. The van der Waals surface area contributed by atoms with Gasteiger partial charge >= 0.3 is 6.18 Å². The molecule has 6 nitrogen and oxygen atoms in total. The van der Waals surface area contributed by atoms with Crippen LogP contribution in [0, 0.1) is 0 Å². The number of anilines is 3. The monoisotopic (exact) mass is 405 g/mol. The fourth-order valence-corrected chi connectivity index (χ4v) is 3.02. The Hall–Kier alpha value is -3.36. The van der Waals surface area contributed by atoms with Crippen LogP contribution in [0.4, 0.5) is 30.2 Å². The number of rotatable bonds is 4. The van der Waals surface area contributed by atoms with E-state index in [1.807, 2.05) is 0 Å². The standard InChI is InChI=1S/C20H18F3N3O3/c1-25(2)16-8-5-13(20(21,22)23)11-15(16)24-19(29)12-3-6-14(7-4-12)26-17(27)9-10-18(26)28/h3-8,11H,9-10H2,1-2H3,(H,24,29). The maximum atomic E-state index is 13.0. The molecule has 9 heteroatoms. The van der Waals surface area contributed by atoms with Crippen LogP contribution in [0.25, 0.3) is 0 Å². The van der Waals surface area contributed by atoms with Gasteiger partial charge < -0.3 is 10.2 Å². The van der Waals surface area contributed by atoms with Crippen molar-refractivity contribution in [1.82, 2.24) is 0 Å². The summed E-state index contributed by atoms with van der Waals surface area (Å²) in [5.74, 6) is -1.24. The summed E-state index contributed by atoms with van der Waals surface area (Å²) in [5.41, 5.74) is 0.0805. The second kappa shape index (κ2) is 7.57. The lowest BCUT2D eigenvalue weighted by Crippen LogP contribution is -2.28. The normalized spacial score (nSPS) is 14.3. The molecule has 0 saturated carbocycles. The summed E-state index contributed by atoms with van der Waals surface area (Å²) in [6, 6.07) is 8.84. The van der Waals surface area contributed by atoms with Gasteiger partial charge in [-0.25, -0.2) is 0 Å². The Morgan fingerprint density at radius 2 is 1.59 bits per heavy atom. The lowest BCUT2D eigenvalue weighted by Gasteiger charge is -2.20. The highest BCUT2D eigenvalue weighted by Crippen LogP contribution is 2.35. The molecule has 29 heavy (non-hydrogen) atoms. The average molecular weight is 405 g/mol. The van der Waals surface area contributed by atoms with E-state index in [2.05, 4.69) is 5.32 Å². The average Bonchev–Trinajstić information content (AvgIpc) is 2.99. The molecule has 0 radical (unpaired) electrons. The maximum absolute atomic E-state index is 13.0. The Kier molecular flexibility index (Phi) is 5.32. The fourth-order valence-electron chi connectivity index (χ4n) is 3.02. The van der Waals surface area contributed by atoms with Crippen molar-refractivity contribution in [1.29, 1.82) is 0 Å². The first kappa shape index (κ1) is 20.4. The van der Waals surface area contributed by atoms with E-state index in [4.69, 9.17) is 0 Å². The van der Waals surface area contributed by atoms with E-state index in [1.165, 1.54) is 30.3 Å². The number of nitrogens with one attached hydrogen (secondary N) is 1. The highest BCUT2D eigenvalue weighted by atomic mass is 19.4. The minimum Gasteiger partial charge on any atom is -0.376 e. The smallest absolute Gasteiger partial charge is 0.376 e. The summed E-state index contributed by atoms with van der Waals surface area (Å²) >= 11 is 0. The number of halogens is 3. The molecule has 1 saturated heterocycles. The van der Waals surface area contributed by atoms with Crippen molar-refractivity contribution in [3.63, 3.8) is 0 Å². The molecule has 0 aromatic heterocycles. The Bertz CT molecular complexity index is 953. The van der Waals surface area contributed by atoms with Crippen LogP contribution < -0.4 is 15.1 Å². The van der Waals surface area contributed by atoms with Crippen LogP contribution >= 0.6 is 0 Å². The van der Waals surface area contributed by atoms with E-state index in [1.54, 1.807) is 19.0 Å². The van der Waals surface area contributed by atoms with E-state index >= 15 is 0 Å². The Morgan fingerprint density at radius 3 is 2.10 bits per heavy atom. The van der Waals surface area contributed by atoms with Crippen molar-refractivity contribution in [2.24, 2.45) is 0 Å². The van der Waals surface area contributed by atoms with Gasteiger partial charge in [0.25, 0.3) is 5.91 Å². The van der Waals surface area contributed by atoms with Crippen molar-refractivity contribution in [2.75, 3.05) is 29.2 Å². The number of benzene rings is 2. The minimum atomic E-state index is -4.54. The zero-order valence-electron chi connectivity index (χ0n) is 15.7. The van der Waals surface area contributed by atoms with Crippen molar-refractivity contribution >= 4 is 34.8 Å². The Labute approximate surface area is 164 Å². The molecule has 2 aromatic rings. The van der Waals surface area contributed by atoms with Crippen molar-refractivity contribution in [3.05, 3.63) is 53.6 Å². The number of carbonyl (C=O) groups excluding carboxylic acids is 3. The predicted octanol–water partition coefficient (Wildman–Crippen LogP) is 3.68. The van der Waals surface area contributed by atoms with Crippen LogP contribution in [-0.2, 0) is 15.8 Å². The Balaban J connectivity index is 1.85. The van der Waals surface area contributed by atoms with Gasteiger partial charge in [-0.1, -0.05) is 0 Å². The SMILES string of the molecule is CN(C)c1ccc(C(F)(F)F)cc1NC(=O)c1ccc(N2C(=O)CCC2=O)cc1. The Morgan fingerprint density at radius 1 is 1.00 bits per heavy atom. The lowest BCUT2D eigenvalue weighted by atomic mass is 10.1. The summed E-state index contributed by atoms with van der Waals surface area (Å²) < 4.78 is 39.1. The third-order valence-corrected chi connectivity index (χ3v) is 4.49. The number of amides is 3. The molecule has 3 rings (SSSR count). The third-order valence-electron chi connectivity index (χ3n) is 4.49. The largest absolute Gasteiger partial charge is 0.416 e. The van der Waals surface area contributed by atoms with E-state index in [0.717, 1.165) is 17.0 Å². The number of nitrogens with zero attached hydrogens (tertiary/aromatic N) is 2. The van der Waals surface area contributed by atoms with Crippen molar-refractivity contribution in [2.45, 2.75) is 19.0 Å². The highest BCUT2D eigenvalue weighted by molar-refractivity contribution is 6.20. The van der Waals surface area contributed by atoms with Crippen LogP contribution in [0.5, 0.6) is 0 Å². The quantitative estimate of drug-likeness (QED) is 0.788. The second-order valence-electron chi connectivity index (χ2n) is 6.75. The van der Waals surface area contributed by atoms with Crippen LogP contribution in [-0.4, -0.2) is 31.8 Å². The zero-order valence-corrected chi connectivity index (χ0v) is 15.7. The second-order valence-corrected chi connectivity index (χ2v) is 6.75. The number of hydrogen-bond donors (Lipinski definition) is 1. The van der Waals surface area contributed by atoms with Gasteiger partial charge in [0.15, 0.2) is 0 Å². The topological polar surface area (TPSA) is 69.7 Å².